The summed E-state index contributed by atoms with van der Waals surface area (Å²) >= 11 is 4.22. The smallest absolute Gasteiger partial charge is 0.224 e. The Morgan fingerprint density at radius 2 is 1.90 bits per heavy atom. The summed E-state index contributed by atoms with van der Waals surface area (Å²) in [6.45, 7) is 0.622. The number of nitrogens with one attached hydrogen (secondary N) is 1. The molecule has 2 aromatic carbocycles. The molecule has 2 rings (SSSR count). The lowest BCUT2D eigenvalue weighted by molar-refractivity contribution is -0.120. The van der Waals surface area contributed by atoms with Crippen LogP contribution in [0.5, 0.6) is 5.75 Å². The maximum absolute atomic E-state index is 11.9. The van der Waals surface area contributed by atoms with Crippen LogP contribution in [0.1, 0.15) is 11.1 Å². The fourth-order valence-corrected chi connectivity index (χ4v) is 2.18. The molecule has 4 heteroatoms. The maximum atomic E-state index is 11.9. The summed E-state index contributed by atoms with van der Waals surface area (Å²) in [6, 6.07) is 15.5. The van der Waals surface area contributed by atoms with E-state index in [0.717, 1.165) is 28.2 Å². The number of carbonyl (C=O) groups excluding carboxylic acids is 1. The first-order chi connectivity index (χ1) is 10.2. The Kier molecular flexibility index (Phi) is 5.69. The van der Waals surface area contributed by atoms with E-state index in [-0.39, 0.29) is 5.91 Å². The molecule has 0 spiro atoms. The van der Waals surface area contributed by atoms with Crippen LogP contribution in [0.15, 0.2) is 53.4 Å². The van der Waals surface area contributed by atoms with Crippen LogP contribution in [0.3, 0.4) is 0 Å². The molecule has 3 nitrogen and oxygen atoms in total. The van der Waals surface area contributed by atoms with Crippen molar-refractivity contribution in [3.05, 3.63) is 59.7 Å². The summed E-state index contributed by atoms with van der Waals surface area (Å²) in [5.74, 6) is 0.871. The monoisotopic (exact) mass is 301 g/mol. The van der Waals surface area contributed by atoms with Gasteiger partial charge in [0, 0.05) is 11.4 Å². The molecule has 0 saturated heterocycles. The van der Waals surface area contributed by atoms with Crippen molar-refractivity contribution in [2.45, 2.75) is 17.7 Å². The van der Waals surface area contributed by atoms with E-state index in [1.807, 2.05) is 48.5 Å². The summed E-state index contributed by atoms with van der Waals surface area (Å²) in [4.78, 5) is 12.8. The number of ether oxygens (including phenoxy) is 1. The lowest BCUT2D eigenvalue weighted by Crippen LogP contribution is -2.27. The minimum absolute atomic E-state index is 0.0322. The number of thiol groups is 1. The number of methoxy groups -OCH3 is 1. The predicted molar refractivity (Wildman–Crippen MR) is 87.1 cm³/mol. The van der Waals surface area contributed by atoms with Crippen molar-refractivity contribution < 1.29 is 9.53 Å². The van der Waals surface area contributed by atoms with Gasteiger partial charge in [0.15, 0.2) is 0 Å². The first kappa shape index (κ1) is 15.4. The Morgan fingerprint density at radius 3 is 2.62 bits per heavy atom. The molecule has 21 heavy (non-hydrogen) atoms. The Labute approximate surface area is 130 Å². The highest BCUT2D eigenvalue weighted by molar-refractivity contribution is 7.80. The van der Waals surface area contributed by atoms with Crippen LogP contribution < -0.4 is 10.1 Å². The molecular weight excluding hydrogens is 282 g/mol. The molecule has 0 aromatic heterocycles. The van der Waals surface area contributed by atoms with Gasteiger partial charge in [-0.15, -0.1) is 12.6 Å². The van der Waals surface area contributed by atoms with Crippen molar-refractivity contribution in [2.24, 2.45) is 0 Å². The molecule has 1 amide bonds. The van der Waals surface area contributed by atoms with Crippen molar-refractivity contribution >= 4 is 18.5 Å². The van der Waals surface area contributed by atoms with Crippen LogP contribution in [-0.2, 0) is 17.6 Å². The molecular formula is C17H19NO2S. The molecule has 0 aliphatic carbocycles. The number of amides is 1. The van der Waals surface area contributed by atoms with Gasteiger partial charge >= 0.3 is 0 Å². The van der Waals surface area contributed by atoms with E-state index in [1.54, 1.807) is 7.11 Å². The largest absolute Gasteiger partial charge is 0.497 e. The maximum Gasteiger partial charge on any atom is 0.224 e. The molecule has 0 atom stereocenters. The van der Waals surface area contributed by atoms with E-state index in [9.17, 15) is 4.79 Å². The Bertz CT molecular complexity index is 596. The minimum atomic E-state index is 0.0322. The highest BCUT2D eigenvalue weighted by atomic mass is 32.1. The number of benzene rings is 2. The van der Waals surface area contributed by atoms with Gasteiger partial charge in [-0.1, -0.05) is 24.3 Å². The lowest BCUT2D eigenvalue weighted by atomic mass is 10.1. The van der Waals surface area contributed by atoms with Gasteiger partial charge in [0.2, 0.25) is 5.91 Å². The molecule has 0 radical (unpaired) electrons. The first-order valence-electron chi connectivity index (χ1n) is 6.85. The van der Waals surface area contributed by atoms with E-state index in [1.165, 1.54) is 0 Å². The molecule has 0 unspecified atom stereocenters. The van der Waals surface area contributed by atoms with Crippen molar-refractivity contribution in [2.75, 3.05) is 13.7 Å². The number of rotatable bonds is 6. The fourth-order valence-electron chi connectivity index (χ4n) is 2.04. The third-order valence-corrected chi connectivity index (χ3v) is 3.47. The fraction of sp³-hybridized carbons (Fsp3) is 0.235. The summed E-state index contributed by atoms with van der Waals surface area (Å²) < 4.78 is 5.18. The second-order valence-corrected chi connectivity index (χ2v) is 5.31. The van der Waals surface area contributed by atoms with E-state index >= 15 is 0 Å². The van der Waals surface area contributed by atoms with E-state index < -0.39 is 0 Å². The molecule has 0 saturated carbocycles. The van der Waals surface area contributed by atoms with Crippen molar-refractivity contribution in [3.63, 3.8) is 0 Å². The molecule has 0 fully saturated rings. The summed E-state index contributed by atoms with van der Waals surface area (Å²) in [5.41, 5.74) is 2.14. The number of carbonyl (C=O) groups is 1. The standard InChI is InChI=1S/C17H19NO2S/c1-20-15-4-2-3-13(11-15)9-10-18-17(19)12-14-5-7-16(21)8-6-14/h2-8,11,21H,9-10,12H2,1H3,(H,18,19). The zero-order valence-electron chi connectivity index (χ0n) is 12.0. The SMILES string of the molecule is COc1cccc(CCNC(=O)Cc2ccc(S)cc2)c1. The average Bonchev–Trinajstić information content (AvgIpc) is 2.50. The van der Waals surface area contributed by atoms with Gasteiger partial charge < -0.3 is 10.1 Å². The van der Waals surface area contributed by atoms with Crippen LogP contribution >= 0.6 is 12.6 Å². The normalized spacial score (nSPS) is 10.2. The molecule has 110 valence electrons. The summed E-state index contributed by atoms with van der Waals surface area (Å²) in [6.07, 6.45) is 1.19. The highest BCUT2D eigenvalue weighted by Crippen LogP contribution is 2.12. The van der Waals surface area contributed by atoms with Crippen molar-refractivity contribution in [3.8, 4) is 5.75 Å². The molecule has 0 aliphatic heterocycles. The highest BCUT2D eigenvalue weighted by Gasteiger charge is 2.03. The van der Waals surface area contributed by atoms with Gasteiger partial charge in [0.05, 0.1) is 13.5 Å². The molecule has 2 aromatic rings. The van der Waals surface area contributed by atoms with Crippen LogP contribution in [0.25, 0.3) is 0 Å². The minimum Gasteiger partial charge on any atom is -0.497 e. The van der Waals surface area contributed by atoms with Gasteiger partial charge in [-0.05, 0) is 41.8 Å². The molecule has 0 heterocycles. The predicted octanol–water partition coefficient (Wildman–Crippen LogP) is 2.89. The average molecular weight is 301 g/mol. The van der Waals surface area contributed by atoms with Gasteiger partial charge in [-0.25, -0.2) is 0 Å². The second-order valence-electron chi connectivity index (χ2n) is 4.79. The molecule has 0 aliphatic rings. The van der Waals surface area contributed by atoms with Crippen LogP contribution in [0.2, 0.25) is 0 Å². The second kappa shape index (κ2) is 7.74. The Morgan fingerprint density at radius 1 is 1.14 bits per heavy atom. The number of hydrogen-bond acceptors (Lipinski definition) is 3. The zero-order valence-corrected chi connectivity index (χ0v) is 12.9. The van der Waals surface area contributed by atoms with Gasteiger partial charge in [0.1, 0.15) is 5.75 Å². The summed E-state index contributed by atoms with van der Waals surface area (Å²) in [5, 5.41) is 2.93. The molecule has 0 bridgehead atoms. The van der Waals surface area contributed by atoms with Crippen LogP contribution in [-0.4, -0.2) is 19.6 Å². The van der Waals surface area contributed by atoms with E-state index in [4.69, 9.17) is 4.74 Å². The Balaban J connectivity index is 1.77. The molecule has 1 N–H and O–H groups in total. The van der Waals surface area contributed by atoms with Crippen LogP contribution in [0, 0.1) is 0 Å². The van der Waals surface area contributed by atoms with Gasteiger partial charge in [-0.3, -0.25) is 4.79 Å². The van der Waals surface area contributed by atoms with Crippen LogP contribution in [0.4, 0.5) is 0 Å². The number of hydrogen-bond donors (Lipinski definition) is 2. The Hall–Kier alpha value is -1.94. The summed E-state index contributed by atoms with van der Waals surface area (Å²) in [7, 11) is 1.65. The third-order valence-electron chi connectivity index (χ3n) is 3.17. The topological polar surface area (TPSA) is 38.3 Å². The van der Waals surface area contributed by atoms with E-state index in [2.05, 4.69) is 17.9 Å². The quantitative estimate of drug-likeness (QED) is 0.805. The van der Waals surface area contributed by atoms with Gasteiger partial charge in [-0.2, -0.15) is 0 Å². The van der Waals surface area contributed by atoms with E-state index in [0.29, 0.717) is 13.0 Å². The van der Waals surface area contributed by atoms with Crippen molar-refractivity contribution in [1.29, 1.82) is 0 Å². The van der Waals surface area contributed by atoms with Gasteiger partial charge in [0.25, 0.3) is 0 Å². The third kappa shape index (κ3) is 5.16. The first-order valence-corrected chi connectivity index (χ1v) is 7.29. The lowest BCUT2D eigenvalue weighted by Gasteiger charge is -2.07. The van der Waals surface area contributed by atoms with Crippen molar-refractivity contribution in [1.82, 2.24) is 5.32 Å². The zero-order chi connectivity index (χ0) is 15.1.